The van der Waals surface area contributed by atoms with E-state index >= 15 is 0 Å². The zero-order chi connectivity index (χ0) is 26.1. The van der Waals surface area contributed by atoms with Gasteiger partial charge in [-0.3, -0.25) is 4.90 Å². The van der Waals surface area contributed by atoms with Crippen LogP contribution in [-0.4, -0.2) is 92.3 Å². The van der Waals surface area contributed by atoms with E-state index in [-0.39, 0.29) is 29.6 Å². The predicted molar refractivity (Wildman–Crippen MR) is 135 cm³/mol. The molecule has 0 saturated carbocycles. The summed E-state index contributed by atoms with van der Waals surface area (Å²) in [6.07, 6.45) is 0.653. The van der Waals surface area contributed by atoms with Gasteiger partial charge >= 0.3 is 6.18 Å². The highest BCUT2D eigenvalue weighted by atomic mass is 32.2. The summed E-state index contributed by atoms with van der Waals surface area (Å²) in [5.41, 5.74) is -2.55. The summed E-state index contributed by atoms with van der Waals surface area (Å²) >= 11 is 5.31. The van der Waals surface area contributed by atoms with Gasteiger partial charge in [0.25, 0.3) is 0 Å². The Bertz CT molecular complexity index is 1130. The van der Waals surface area contributed by atoms with Gasteiger partial charge in [-0.2, -0.15) is 17.5 Å². The summed E-state index contributed by atoms with van der Waals surface area (Å²) < 4.78 is 73.6. The van der Waals surface area contributed by atoms with Crippen molar-refractivity contribution in [3.63, 3.8) is 0 Å². The first-order valence-corrected chi connectivity index (χ1v) is 13.6. The van der Waals surface area contributed by atoms with Crippen molar-refractivity contribution in [2.24, 2.45) is 0 Å². The average Bonchev–Trinajstić information content (AvgIpc) is 2.84. The summed E-state index contributed by atoms with van der Waals surface area (Å²) in [5.74, 6) is 0. The number of aliphatic hydroxyl groups is 1. The first-order chi connectivity index (χ1) is 16.9. The quantitative estimate of drug-likeness (QED) is 0.552. The molecule has 198 valence electrons. The number of thiocarbonyl (C=S) groups is 1. The first-order valence-electron chi connectivity index (χ1n) is 11.8. The minimum Gasteiger partial charge on any atom is -0.379 e. The molecular formula is C24H30F3N3O4S2. The van der Waals surface area contributed by atoms with E-state index in [2.05, 4.69) is 4.90 Å². The van der Waals surface area contributed by atoms with Crippen LogP contribution in [-0.2, 0) is 20.4 Å². The van der Waals surface area contributed by atoms with E-state index in [9.17, 15) is 26.7 Å². The zero-order valence-electron chi connectivity index (χ0n) is 19.9. The van der Waals surface area contributed by atoms with Gasteiger partial charge in [0.05, 0.1) is 24.2 Å². The third-order valence-corrected chi connectivity index (χ3v) is 9.38. The summed E-state index contributed by atoms with van der Waals surface area (Å²) in [6.45, 7) is 4.69. The van der Waals surface area contributed by atoms with Crippen LogP contribution in [0.4, 0.5) is 18.9 Å². The lowest BCUT2D eigenvalue weighted by Gasteiger charge is -2.44. The van der Waals surface area contributed by atoms with E-state index in [1.54, 1.807) is 18.2 Å². The minimum atomic E-state index is -4.81. The van der Waals surface area contributed by atoms with Gasteiger partial charge in [0.1, 0.15) is 0 Å². The molecule has 12 heteroatoms. The first kappa shape index (κ1) is 27.2. The number of sulfonamides is 1. The molecule has 1 aromatic carbocycles. The van der Waals surface area contributed by atoms with Crippen molar-refractivity contribution in [1.82, 2.24) is 9.21 Å². The Morgan fingerprint density at radius 1 is 1.11 bits per heavy atom. The molecule has 2 aliphatic heterocycles. The molecule has 1 N–H and O–H groups in total. The fraction of sp³-hybridized carbons (Fsp3) is 0.542. The third-order valence-electron chi connectivity index (χ3n) is 6.91. The average molecular weight is 546 g/mol. The van der Waals surface area contributed by atoms with Crippen LogP contribution in [0.3, 0.4) is 0 Å². The number of ether oxygens (including phenoxy) is 1. The van der Waals surface area contributed by atoms with Crippen molar-refractivity contribution < 1.29 is 31.4 Å². The Morgan fingerprint density at radius 3 is 2.39 bits per heavy atom. The minimum absolute atomic E-state index is 0.150. The molecule has 1 aliphatic carbocycles. The van der Waals surface area contributed by atoms with Gasteiger partial charge in [-0.25, -0.2) is 8.42 Å². The maximum Gasteiger partial charge on any atom is 0.421 e. The second-order valence-electron chi connectivity index (χ2n) is 9.33. The number of rotatable bonds is 6. The van der Waals surface area contributed by atoms with E-state index < -0.39 is 21.8 Å². The van der Waals surface area contributed by atoms with E-state index in [4.69, 9.17) is 17.0 Å². The van der Waals surface area contributed by atoms with Crippen LogP contribution >= 0.6 is 12.2 Å². The van der Waals surface area contributed by atoms with Gasteiger partial charge in [0.15, 0.2) is 5.60 Å². The fourth-order valence-corrected chi connectivity index (χ4v) is 6.73. The van der Waals surface area contributed by atoms with E-state index in [0.29, 0.717) is 56.4 Å². The number of hydrogen-bond acceptors (Lipinski definition) is 7. The van der Waals surface area contributed by atoms with Crippen LogP contribution < -0.4 is 4.90 Å². The second kappa shape index (κ2) is 10.5. The van der Waals surface area contributed by atoms with Crippen molar-refractivity contribution in [2.45, 2.75) is 31.2 Å². The summed E-state index contributed by atoms with van der Waals surface area (Å²) in [6, 6.07) is 5.41. The largest absolute Gasteiger partial charge is 0.421 e. The molecule has 4 rings (SSSR count). The van der Waals surface area contributed by atoms with Crippen LogP contribution in [0.5, 0.6) is 0 Å². The van der Waals surface area contributed by atoms with Crippen LogP contribution in [0, 0.1) is 0 Å². The molecule has 0 bridgehead atoms. The van der Waals surface area contributed by atoms with Crippen molar-refractivity contribution in [1.29, 1.82) is 0 Å². The highest BCUT2D eigenvalue weighted by Crippen LogP contribution is 2.39. The number of halogens is 3. The normalized spacial score (nSPS) is 24.5. The second-order valence-corrected chi connectivity index (χ2v) is 11.7. The molecule has 0 amide bonds. The number of benzene rings is 1. The van der Waals surface area contributed by atoms with Crippen LogP contribution in [0.1, 0.15) is 18.9 Å². The number of alkyl halides is 3. The van der Waals surface area contributed by atoms with Crippen LogP contribution in [0.2, 0.25) is 0 Å². The number of nitrogens with zero attached hydrogens (tertiary/aromatic N) is 3. The smallest absolute Gasteiger partial charge is 0.379 e. The highest BCUT2D eigenvalue weighted by molar-refractivity contribution is 7.96. The van der Waals surface area contributed by atoms with Gasteiger partial charge in [0.2, 0.25) is 10.0 Å². The predicted octanol–water partition coefficient (Wildman–Crippen LogP) is 2.82. The topological polar surface area (TPSA) is 73.3 Å². The van der Waals surface area contributed by atoms with E-state index in [0.717, 1.165) is 6.92 Å². The van der Waals surface area contributed by atoms with Crippen molar-refractivity contribution >= 4 is 32.8 Å². The Morgan fingerprint density at radius 2 is 1.78 bits per heavy atom. The van der Waals surface area contributed by atoms with Crippen molar-refractivity contribution in [3.05, 3.63) is 53.0 Å². The van der Waals surface area contributed by atoms with Gasteiger partial charge in [0, 0.05) is 56.2 Å². The Labute approximate surface area is 214 Å². The maximum atomic E-state index is 13.4. The fourth-order valence-electron chi connectivity index (χ4n) is 4.66. The van der Waals surface area contributed by atoms with Gasteiger partial charge in [-0.15, -0.1) is 0 Å². The number of hydrogen-bond donors (Lipinski definition) is 1. The lowest BCUT2D eigenvalue weighted by molar-refractivity contribution is -0.258. The summed E-state index contributed by atoms with van der Waals surface area (Å²) in [4.78, 5) is 4.77. The van der Waals surface area contributed by atoms with Gasteiger partial charge in [-0.05, 0) is 30.7 Å². The SMILES string of the molecule is CC(O)(c1ccc(N2CCN(S(=O)(=O)C3=CC=CCC3=S)C[C@@H]2CN2CCOCC2)cc1)C(F)(F)F. The third kappa shape index (κ3) is 5.53. The molecule has 2 saturated heterocycles. The molecule has 3 aliphatic rings. The van der Waals surface area contributed by atoms with E-state index in [1.807, 2.05) is 11.0 Å². The molecule has 36 heavy (non-hydrogen) atoms. The molecule has 0 spiro atoms. The molecule has 1 unspecified atom stereocenters. The maximum absolute atomic E-state index is 13.4. The van der Waals surface area contributed by atoms with Crippen LogP contribution in [0.25, 0.3) is 0 Å². The Balaban J connectivity index is 1.59. The van der Waals surface area contributed by atoms with Crippen molar-refractivity contribution in [2.75, 3.05) is 57.4 Å². The molecule has 7 nitrogen and oxygen atoms in total. The number of anilines is 1. The standard InChI is InChI=1S/C24H30F3N3O4S2/c1-23(31,24(25,26)27)18-6-8-19(9-7-18)30-11-10-29(17-20(30)16-28-12-14-34-15-13-28)36(32,33)22-5-3-2-4-21(22)35/h2-3,5-9,20,31H,4,10-17H2,1H3/t20-,23?/m0/s1. The molecule has 2 atom stereocenters. The molecule has 0 radical (unpaired) electrons. The lowest BCUT2D eigenvalue weighted by atomic mass is 9.95. The number of morpholine rings is 1. The van der Waals surface area contributed by atoms with Gasteiger partial charge < -0.3 is 14.7 Å². The zero-order valence-corrected chi connectivity index (χ0v) is 21.6. The summed E-state index contributed by atoms with van der Waals surface area (Å²) in [7, 11) is -3.78. The lowest BCUT2D eigenvalue weighted by Crippen LogP contribution is -2.59. The molecule has 2 fully saturated rings. The Hall–Kier alpha value is -1.83. The number of piperazine rings is 1. The molecule has 2 heterocycles. The molecule has 1 aromatic rings. The highest BCUT2D eigenvalue weighted by Gasteiger charge is 2.51. The molecule has 0 aromatic heterocycles. The molecular weight excluding hydrogens is 515 g/mol. The van der Waals surface area contributed by atoms with Gasteiger partial charge in [-0.1, -0.05) is 36.5 Å². The summed E-state index contributed by atoms with van der Waals surface area (Å²) in [5, 5.41) is 10.0. The van der Waals surface area contributed by atoms with E-state index in [1.165, 1.54) is 22.5 Å². The number of allylic oxidation sites excluding steroid dienone is 4. The monoisotopic (exact) mass is 545 g/mol. The van der Waals surface area contributed by atoms with Crippen LogP contribution in [0.15, 0.2) is 47.4 Å². The van der Waals surface area contributed by atoms with Crippen molar-refractivity contribution in [3.8, 4) is 0 Å². The Kier molecular flexibility index (Phi) is 7.94.